The molecule has 5 nitrogen and oxygen atoms in total. The molecule has 0 fully saturated rings. The van der Waals surface area contributed by atoms with Gasteiger partial charge < -0.3 is 5.32 Å². The number of fused-ring (bicyclic) bond motifs is 1. The molecule has 1 amide bonds. The first-order chi connectivity index (χ1) is 7.77. The zero-order valence-electron chi connectivity index (χ0n) is 8.77. The number of hydrogen-bond donors (Lipinski definition) is 1. The van der Waals surface area contributed by atoms with Crippen molar-refractivity contribution in [3.63, 3.8) is 0 Å². The Labute approximate surface area is 92.5 Å². The van der Waals surface area contributed by atoms with Crippen LogP contribution in [0.15, 0.2) is 24.8 Å². The molecule has 0 saturated heterocycles. The van der Waals surface area contributed by atoms with Crippen LogP contribution < -0.4 is 5.32 Å². The van der Waals surface area contributed by atoms with Crippen LogP contribution in [0.2, 0.25) is 0 Å². The van der Waals surface area contributed by atoms with E-state index in [1.165, 1.54) is 6.92 Å². The number of rotatable bonds is 1. The summed E-state index contributed by atoms with van der Waals surface area (Å²) in [4.78, 5) is 18.7. The van der Waals surface area contributed by atoms with E-state index in [9.17, 15) is 4.79 Å². The van der Waals surface area contributed by atoms with Gasteiger partial charge in [0.1, 0.15) is 5.69 Å². The molecule has 0 bridgehead atoms. The lowest BCUT2D eigenvalue weighted by atomic mass is 10.4. The highest BCUT2D eigenvalue weighted by Crippen LogP contribution is 2.02. The quantitative estimate of drug-likeness (QED) is 0.691. The van der Waals surface area contributed by atoms with Gasteiger partial charge in [-0.05, 0) is 5.92 Å². The molecular weight excluding hydrogens is 204 g/mol. The molecule has 2 aromatic heterocycles. The molecule has 0 unspecified atom stereocenters. The molecule has 80 valence electrons. The third kappa shape index (κ3) is 2.17. The molecule has 2 heterocycles. The predicted octanol–water partition coefficient (Wildman–Crippen LogP) is 0.217. The SMILES string of the molecule is CC(=O)NCC#Cc1cnc2cnccn12. The smallest absolute Gasteiger partial charge is 0.217 e. The van der Waals surface area contributed by atoms with Gasteiger partial charge in [-0.15, -0.1) is 0 Å². The fraction of sp³-hybridized carbons (Fsp3) is 0.182. The number of carbonyl (C=O) groups excluding carboxylic acids is 1. The van der Waals surface area contributed by atoms with E-state index < -0.39 is 0 Å². The molecule has 0 aliphatic rings. The Bertz CT molecular complexity index is 576. The molecule has 0 radical (unpaired) electrons. The van der Waals surface area contributed by atoms with Gasteiger partial charge in [-0.25, -0.2) is 4.98 Å². The molecule has 16 heavy (non-hydrogen) atoms. The van der Waals surface area contributed by atoms with Crippen LogP contribution in [0.3, 0.4) is 0 Å². The Kier molecular flexibility index (Phi) is 2.83. The maximum absolute atomic E-state index is 10.6. The Balaban J connectivity index is 2.18. The van der Waals surface area contributed by atoms with Crippen molar-refractivity contribution >= 4 is 11.6 Å². The molecule has 0 spiro atoms. The average Bonchev–Trinajstić information content (AvgIpc) is 2.68. The van der Waals surface area contributed by atoms with E-state index in [0.29, 0.717) is 6.54 Å². The summed E-state index contributed by atoms with van der Waals surface area (Å²) in [5.74, 6) is 5.69. The fourth-order valence-corrected chi connectivity index (χ4v) is 1.24. The van der Waals surface area contributed by atoms with E-state index in [-0.39, 0.29) is 5.91 Å². The lowest BCUT2D eigenvalue weighted by Gasteiger charge is -1.93. The molecule has 0 aliphatic heterocycles. The number of nitrogens with one attached hydrogen (secondary N) is 1. The van der Waals surface area contributed by atoms with Crippen LogP contribution in [0, 0.1) is 11.8 Å². The number of hydrogen-bond acceptors (Lipinski definition) is 3. The van der Waals surface area contributed by atoms with Crippen LogP contribution in [0.4, 0.5) is 0 Å². The van der Waals surface area contributed by atoms with Crippen molar-refractivity contribution < 1.29 is 4.79 Å². The standard InChI is InChI=1S/C11H10N4O/c1-9(16)13-4-2-3-10-7-14-11-8-12-5-6-15(10)11/h5-8H,4H2,1H3,(H,13,16). The summed E-state index contributed by atoms with van der Waals surface area (Å²) in [7, 11) is 0. The molecule has 2 aromatic rings. The second-order valence-electron chi connectivity index (χ2n) is 3.16. The number of carbonyl (C=O) groups is 1. The van der Waals surface area contributed by atoms with Crippen molar-refractivity contribution in [1.82, 2.24) is 19.7 Å². The van der Waals surface area contributed by atoms with E-state index >= 15 is 0 Å². The minimum absolute atomic E-state index is 0.0864. The minimum Gasteiger partial charge on any atom is -0.345 e. The van der Waals surface area contributed by atoms with Gasteiger partial charge in [0.05, 0.1) is 18.9 Å². The van der Waals surface area contributed by atoms with Gasteiger partial charge >= 0.3 is 0 Å². The van der Waals surface area contributed by atoms with Crippen LogP contribution in [-0.4, -0.2) is 26.8 Å². The van der Waals surface area contributed by atoms with E-state index in [4.69, 9.17) is 0 Å². The van der Waals surface area contributed by atoms with Crippen LogP contribution in [-0.2, 0) is 4.79 Å². The maximum atomic E-state index is 10.6. The van der Waals surface area contributed by atoms with Crippen LogP contribution in [0.1, 0.15) is 12.6 Å². The first-order valence-corrected chi connectivity index (χ1v) is 4.78. The normalized spacial score (nSPS) is 9.56. The molecule has 0 atom stereocenters. The zero-order chi connectivity index (χ0) is 11.4. The molecule has 0 saturated carbocycles. The van der Waals surface area contributed by atoms with Gasteiger partial charge in [0.2, 0.25) is 5.91 Å². The maximum Gasteiger partial charge on any atom is 0.217 e. The van der Waals surface area contributed by atoms with Crippen molar-refractivity contribution in [1.29, 1.82) is 0 Å². The summed E-state index contributed by atoms with van der Waals surface area (Å²) in [5, 5.41) is 2.60. The van der Waals surface area contributed by atoms with E-state index in [1.54, 1.807) is 24.8 Å². The number of nitrogens with zero attached hydrogens (tertiary/aromatic N) is 3. The average molecular weight is 214 g/mol. The van der Waals surface area contributed by atoms with Crippen molar-refractivity contribution in [3.8, 4) is 11.8 Å². The van der Waals surface area contributed by atoms with Crippen molar-refractivity contribution in [2.45, 2.75) is 6.92 Å². The Morgan fingerprint density at radius 3 is 3.25 bits per heavy atom. The van der Waals surface area contributed by atoms with Gasteiger partial charge in [0.25, 0.3) is 0 Å². The summed E-state index contributed by atoms with van der Waals surface area (Å²) in [5.41, 5.74) is 1.54. The molecule has 0 aliphatic carbocycles. The highest BCUT2D eigenvalue weighted by molar-refractivity contribution is 5.73. The number of amides is 1. The molecular formula is C11H10N4O. The highest BCUT2D eigenvalue weighted by Gasteiger charge is 1.97. The third-order valence-electron chi connectivity index (χ3n) is 1.96. The van der Waals surface area contributed by atoms with Crippen molar-refractivity contribution in [2.24, 2.45) is 0 Å². The number of imidazole rings is 1. The fourth-order valence-electron chi connectivity index (χ4n) is 1.24. The molecule has 2 rings (SSSR count). The first-order valence-electron chi connectivity index (χ1n) is 4.78. The van der Waals surface area contributed by atoms with Gasteiger partial charge in [-0.3, -0.25) is 14.2 Å². The minimum atomic E-state index is -0.0864. The molecule has 1 N–H and O–H groups in total. The topological polar surface area (TPSA) is 59.3 Å². The van der Waals surface area contributed by atoms with Crippen LogP contribution >= 0.6 is 0 Å². The Morgan fingerprint density at radius 1 is 1.56 bits per heavy atom. The van der Waals surface area contributed by atoms with E-state index in [0.717, 1.165) is 11.3 Å². The highest BCUT2D eigenvalue weighted by atomic mass is 16.1. The number of aromatic nitrogens is 3. The second-order valence-corrected chi connectivity index (χ2v) is 3.16. The summed E-state index contributed by atoms with van der Waals surface area (Å²) < 4.78 is 1.84. The lowest BCUT2D eigenvalue weighted by Crippen LogP contribution is -2.19. The van der Waals surface area contributed by atoms with Gasteiger partial charge in [0, 0.05) is 19.3 Å². The Hall–Kier alpha value is -2.35. The second kappa shape index (κ2) is 4.45. The first kappa shape index (κ1) is 10.2. The van der Waals surface area contributed by atoms with Crippen molar-refractivity contribution in [3.05, 3.63) is 30.5 Å². The van der Waals surface area contributed by atoms with Crippen LogP contribution in [0.5, 0.6) is 0 Å². The predicted molar refractivity (Wildman–Crippen MR) is 58.5 cm³/mol. The summed E-state index contributed by atoms with van der Waals surface area (Å²) in [6.45, 7) is 1.80. The van der Waals surface area contributed by atoms with Crippen molar-refractivity contribution in [2.75, 3.05) is 6.54 Å². The van der Waals surface area contributed by atoms with Gasteiger partial charge in [0.15, 0.2) is 5.65 Å². The summed E-state index contributed by atoms with van der Waals surface area (Å²) >= 11 is 0. The van der Waals surface area contributed by atoms with Gasteiger partial charge in [-0.1, -0.05) is 5.92 Å². The Morgan fingerprint density at radius 2 is 2.44 bits per heavy atom. The van der Waals surface area contributed by atoms with Gasteiger partial charge in [-0.2, -0.15) is 0 Å². The third-order valence-corrected chi connectivity index (χ3v) is 1.96. The largest absolute Gasteiger partial charge is 0.345 e. The summed E-state index contributed by atoms with van der Waals surface area (Å²) in [6.07, 6.45) is 6.81. The van der Waals surface area contributed by atoms with E-state index in [1.807, 2.05) is 4.40 Å². The van der Waals surface area contributed by atoms with E-state index in [2.05, 4.69) is 27.1 Å². The summed E-state index contributed by atoms with van der Waals surface area (Å²) in [6, 6.07) is 0. The van der Waals surface area contributed by atoms with Crippen LogP contribution in [0.25, 0.3) is 5.65 Å². The lowest BCUT2D eigenvalue weighted by molar-refractivity contribution is -0.118. The monoisotopic (exact) mass is 214 g/mol. The molecule has 5 heteroatoms. The zero-order valence-corrected chi connectivity index (χ0v) is 8.77. The molecule has 0 aromatic carbocycles.